The van der Waals surface area contributed by atoms with E-state index in [9.17, 15) is 9.59 Å². The number of carbonyl (C=O) groups excluding carboxylic acids is 2. The van der Waals surface area contributed by atoms with Crippen molar-refractivity contribution in [2.24, 2.45) is 5.92 Å². The van der Waals surface area contributed by atoms with Gasteiger partial charge in [-0.1, -0.05) is 44.2 Å². The fraction of sp³-hybridized carbons (Fsp3) is 0.500. The van der Waals surface area contributed by atoms with Crippen molar-refractivity contribution in [1.82, 2.24) is 20.8 Å². The van der Waals surface area contributed by atoms with Gasteiger partial charge in [-0.2, -0.15) is 0 Å². The molecule has 0 aliphatic rings. The van der Waals surface area contributed by atoms with Crippen LogP contribution in [0.25, 0.3) is 0 Å². The fourth-order valence-corrected chi connectivity index (χ4v) is 2.33. The molecule has 1 aromatic carbocycles. The maximum Gasteiger partial charge on any atom is 0.408 e. The van der Waals surface area contributed by atoms with Gasteiger partial charge in [-0.3, -0.25) is 0 Å². The van der Waals surface area contributed by atoms with Gasteiger partial charge in [0.2, 0.25) is 11.8 Å². The Morgan fingerprint density at radius 2 is 1.79 bits per heavy atom. The lowest BCUT2D eigenvalue weighted by Gasteiger charge is -2.23. The van der Waals surface area contributed by atoms with E-state index in [2.05, 4.69) is 20.8 Å². The number of ether oxygens (including phenoxy) is 2. The van der Waals surface area contributed by atoms with Gasteiger partial charge in [-0.25, -0.2) is 9.59 Å². The molecule has 158 valence electrons. The van der Waals surface area contributed by atoms with E-state index in [0.29, 0.717) is 0 Å². The maximum atomic E-state index is 12.1. The first-order chi connectivity index (χ1) is 13.6. The van der Waals surface area contributed by atoms with Gasteiger partial charge < -0.3 is 24.5 Å². The Morgan fingerprint density at radius 3 is 2.41 bits per heavy atom. The molecule has 0 aliphatic carbocycles. The molecule has 0 unspecified atom stereocenters. The Kier molecular flexibility index (Phi) is 7.58. The van der Waals surface area contributed by atoms with E-state index >= 15 is 0 Å². The summed E-state index contributed by atoms with van der Waals surface area (Å²) in [6, 6.07) is 8.83. The van der Waals surface area contributed by atoms with Gasteiger partial charge >= 0.3 is 12.2 Å². The van der Waals surface area contributed by atoms with Gasteiger partial charge in [0.1, 0.15) is 18.2 Å². The standard InChI is InChI=1S/C20H28N4O5/c1-13(2)16(22-19(26)29-20(3,4)5)17-24-23-15(28-17)11-21-18(25)27-12-14-9-7-6-8-10-14/h6-10,13,16H,11-12H2,1-5H3,(H,21,25)(H,22,26)/t16-/m0/s1. The molecule has 0 fully saturated rings. The molecule has 2 amide bonds. The molecule has 1 heterocycles. The van der Waals surface area contributed by atoms with Crippen LogP contribution in [-0.2, 0) is 22.6 Å². The molecule has 2 aromatic rings. The van der Waals surface area contributed by atoms with Crippen LogP contribution >= 0.6 is 0 Å². The average Bonchev–Trinajstić information content (AvgIpc) is 3.10. The van der Waals surface area contributed by atoms with Gasteiger partial charge in [-0.05, 0) is 32.3 Å². The number of hydrogen-bond acceptors (Lipinski definition) is 7. The van der Waals surface area contributed by atoms with Crippen molar-refractivity contribution in [3.05, 3.63) is 47.7 Å². The summed E-state index contributed by atoms with van der Waals surface area (Å²) in [5.41, 5.74) is 0.269. The number of alkyl carbamates (subject to hydrolysis) is 2. The van der Waals surface area contributed by atoms with E-state index in [1.165, 1.54) is 0 Å². The van der Waals surface area contributed by atoms with Crippen molar-refractivity contribution >= 4 is 12.2 Å². The largest absolute Gasteiger partial charge is 0.445 e. The van der Waals surface area contributed by atoms with Crippen LogP contribution in [0.2, 0.25) is 0 Å². The van der Waals surface area contributed by atoms with Crippen LogP contribution in [0.3, 0.4) is 0 Å². The molecule has 0 aliphatic heterocycles. The van der Waals surface area contributed by atoms with Gasteiger partial charge in [0.05, 0.1) is 6.54 Å². The number of rotatable bonds is 7. The highest BCUT2D eigenvalue weighted by atomic mass is 16.6. The number of aromatic nitrogens is 2. The first kappa shape index (κ1) is 22.2. The Balaban J connectivity index is 1.87. The third-order valence-corrected chi connectivity index (χ3v) is 3.68. The summed E-state index contributed by atoms with van der Waals surface area (Å²) in [4.78, 5) is 23.9. The number of nitrogens with one attached hydrogen (secondary N) is 2. The third kappa shape index (κ3) is 7.81. The van der Waals surface area contributed by atoms with Crippen molar-refractivity contribution in [2.75, 3.05) is 0 Å². The summed E-state index contributed by atoms with van der Waals surface area (Å²) in [7, 11) is 0. The molecule has 9 nitrogen and oxygen atoms in total. The SMILES string of the molecule is CC(C)[C@H](NC(=O)OC(C)(C)C)c1nnc(CNC(=O)OCc2ccccc2)o1. The first-order valence-corrected chi connectivity index (χ1v) is 9.40. The van der Waals surface area contributed by atoms with Crippen LogP contribution < -0.4 is 10.6 Å². The molecule has 0 saturated heterocycles. The minimum atomic E-state index is -0.615. The van der Waals surface area contributed by atoms with E-state index < -0.39 is 23.8 Å². The zero-order chi connectivity index (χ0) is 21.4. The maximum absolute atomic E-state index is 12.1. The predicted octanol–water partition coefficient (Wildman–Crippen LogP) is 3.72. The molecule has 0 bridgehead atoms. The lowest BCUT2D eigenvalue weighted by atomic mass is 10.1. The number of benzene rings is 1. The summed E-state index contributed by atoms with van der Waals surface area (Å²) in [5.74, 6) is 0.424. The van der Waals surface area contributed by atoms with Gasteiger partial charge in [-0.15, -0.1) is 10.2 Å². The molecule has 0 spiro atoms. The minimum Gasteiger partial charge on any atom is -0.445 e. The Labute approximate surface area is 170 Å². The molecule has 9 heteroatoms. The molecule has 2 rings (SSSR count). The molecule has 29 heavy (non-hydrogen) atoms. The van der Waals surface area contributed by atoms with Gasteiger partial charge in [0.15, 0.2) is 0 Å². The summed E-state index contributed by atoms with van der Waals surface area (Å²) in [6.45, 7) is 9.34. The van der Waals surface area contributed by atoms with Crippen LogP contribution in [0.4, 0.5) is 9.59 Å². The van der Waals surface area contributed by atoms with E-state index in [0.717, 1.165) is 5.56 Å². The lowest BCUT2D eigenvalue weighted by Crippen LogP contribution is -2.37. The number of hydrogen-bond donors (Lipinski definition) is 2. The Bertz CT molecular complexity index is 799. The van der Waals surface area contributed by atoms with Gasteiger partial charge in [0.25, 0.3) is 0 Å². The summed E-state index contributed by atoms with van der Waals surface area (Å²) >= 11 is 0. The van der Waals surface area contributed by atoms with E-state index in [1.54, 1.807) is 20.8 Å². The Morgan fingerprint density at radius 1 is 1.10 bits per heavy atom. The van der Waals surface area contributed by atoms with Crippen molar-refractivity contribution in [2.45, 2.75) is 59.4 Å². The lowest BCUT2D eigenvalue weighted by molar-refractivity contribution is 0.0478. The van der Waals surface area contributed by atoms with E-state index in [-0.39, 0.29) is 30.9 Å². The zero-order valence-corrected chi connectivity index (χ0v) is 17.4. The zero-order valence-electron chi connectivity index (χ0n) is 17.4. The predicted molar refractivity (Wildman–Crippen MR) is 105 cm³/mol. The normalized spacial score (nSPS) is 12.3. The van der Waals surface area contributed by atoms with Crippen molar-refractivity contribution < 1.29 is 23.5 Å². The monoisotopic (exact) mass is 404 g/mol. The topological polar surface area (TPSA) is 116 Å². The number of carbonyl (C=O) groups is 2. The van der Waals surface area contributed by atoms with Gasteiger partial charge in [0, 0.05) is 0 Å². The molecular weight excluding hydrogens is 376 g/mol. The number of nitrogens with zero attached hydrogens (tertiary/aromatic N) is 2. The average molecular weight is 404 g/mol. The molecule has 2 N–H and O–H groups in total. The highest BCUT2D eigenvalue weighted by Gasteiger charge is 2.27. The fourth-order valence-electron chi connectivity index (χ4n) is 2.33. The van der Waals surface area contributed by atoms with Crippen LogP contribution in [0.5, 0.6) is 0 Å². The van der Waals surface area contributed by atoms with Crippen LogP contribution in [0.15, 0.2) is 34.7 Å². The highest BCUT2D eigenvalue weighted by molar-refractivity contribution is 5.68. The van der Waals surface area contributed by atoms with Crippen LogP contribution in [0, 0.1) is 5.92 Å². The second kappa shape index (κ2) is 9.90. The van der Waals surface area contributed by atoms with E-state index in [1.807, 2.05) is 44.2 Å². The summed E-state index contributed by atoms with van der Waals surface area (Å²) < 4.78 is 16.0. The molecular formula is C20H28N4O5. The third-order valence-electron chi connectivity index (χ3n) is 3.68. The minimum absolute atomic E-state index is 0.0118. The second-order valence-corrected chi connectivity index (χ2v) is 7.82. The smallest absolute Gasteiger partial charge is 0.408 e. The molecule has 0 radical (unpaired) electrons. The Hall–Kier alpha value is -3.10. The van der Waals surface area contributed by atoms with Crippen LogP contribution in [0.1, 0.15) is 58.0 Å². The molecule has 1 atom stereocenters. The number of amides is 2. The summed E-state index contributed by atoms with van der Waals surface area (Å²) in [6.07, 6.45) is -1.17. The first-order valence-electron chi connectivity index (χ1n) is 9.40. The molecule has 0 saturated carbocycles. The van der Waals surface area contributed by atoms with Crippen LogP contribution in [-0.4, -0.2) is 28.0 Å². The summed E-state index contributed by atoms with van der Waals surface area (Å²) in [5, 5.41) is 13.2. The van der Waals surface area contributed by atoms with E-state index in [4.69, 9.17) is 13.9 Å². The van der Waals surface area contributed by atoms with Crippen molar-refractivity contribution in [3.8, 4) is 0 Å². The van der Waals surface area contributed by atoms with Crippen molar-refractivity contribution in [3.63, 3.8) is 0 Å². The second-order valence-electron chi connectivity index (χ2n) is 7.82. The van der Waals surface area contributed by atoms with Crippen molar-refractivity contribution in [1.29, 1.82) is 0 Å². The highest BCUT2D eigenvalue weighted by Crippen LogP contribution is 2.21. The quantitative estimate of drug-likeness (QED) is 0.722. The molecule has 1 aromatic heterocycles.